The number of aromatic nitrogens is 2. The molecule has 5 nitrogen and oxygen atoms in total. The Morgan fingerprint density at radius 3 is 2.87 bits per heavy atom. The number of imidazole rings is 1. The second-order valence-electron chi connectivity index (χ2n) is 4.95. The van der Waals surface area contributed by atoms with E-state index in [-0.39, 0.29) is 5.91 Å². The summed E-state index contributed by atoms with van der Waals surface area (Å²) in [5, 5.41) is 3.73. The zero-order chi connectivity index (χ0) is 16.1. The fourth-order valence-electron chi connectivity index (χ4n) is 2.15. The standard InChI is InChI=1S/C17H17N3O2S/c1-22-15-7-5-13(6-8-15)10-18-16(21)12-23-17-19-11-14-4-2-3-9-20(14)17/h2-9,11H,10,12H2,1H3,(H,18,21). The van der Waals surface area contributed by atoms with E-state index < -0.39 is 0 Å². The van der Waals surface area contributed by atoms with Crippen molar-refractivity contribution in [3.05, 3.63) is 60.4 Å². The van der Waals surface area contributed by atoms with E-state index in [1.54, 1.807) is 13.3 Å². The van der Waals surface area contributed by atoms with E-state index in [0.717, 1.165) is 22.0 Å². The number of nitrogens with one attached hydrogen (secondary N) is 1. The molecule has 0 unspecified atom stereocenters. The van der Waals surface area contributed by atoms with Crippen molar-refractivity contribution in [2.24, 2.45) is 0 Å². The predicted octanol–water partition coefficient (Wildman–Crippen LogP) is 2.75. The second-order valence-corrected chi connectivity index (χ2v) is 5.89. The van der Waals surface area contributed by atoms with Gasteiger partial charge in [-0.1, -0.05) is 30.0 Å². The predicted molar refractivity (Wildman–Crippen MR) is 90.8 cm³/mol. The normalized spacial score (nSPS) is 10.7. The monoisotopic (exact) mass is 327 g/mol. The Morgan fingerprint density at radius 2 is 2.09 bits per heavy atom. The topological polar surface area (TPSA) is 55.6 Å². The molecule has 118 valence electrons. The molecule has 3 aromatic rings. The van der Waals surface area contributed by atoms with Gasteiger partial charge in [-0.15, -0.1) is 0 Å². The molecule has 1 aromatic carbocycles. The molecule has 23 heavy (non-hydrogen) atoms. The molecule has 0 atom stereocenters. The molecule has 2 heterocycles. The van der Waals surface area contributed by atoms with Gasteiger partial charge in [0.2, 0.25) is 5.91 Å². The zero-order valence-corrected chi connectivity index (χ0v) is 13.5. The smallest absolute Gasteiger partial charge is 0.230 e. The van der Waals surface area contributed by atoms with Gasteiger partial charge < -0.3 is 10.1 Å². The van der Waals surface area contributed by atoms with Gasteiger partial charge in [-0.05, 0) is 29.8 Å². The number of rotatable bonds is 6. The van der Waals surface area contributed by atoms with E-state index in [4.69, 9.17) is 4.74 Å². The van der Waals surface area contributed by atoms with Crippen molar-refractivity contribution in [1.82, 2.24) is 14.7 Å². The lowest BCUT2D eigenvalue weighted by Gasteiger charge is -2.06. The summed E-state index contributed by atoms with van der Waals surface area (Å²) in [5.41, 5.74) is 2.06. The molecule has 0 saturated heterocycles. The van der Waals surface area contributed by atoms with Crippen LogP contribution in [0.15, 0.2) is 60.0 Å². The first-order chi connectivity index (χ1) is 11.3. The van der Waals surface area contributed by atoms with Crippen LogP contribution in [0.1, 0.15) is 5.56 Å². The summed E-state index contributed by atoms with van der Waals surface area (Å²) in [6, 6.07) is 13.5. The maximum atomic E-state index is 12.0. The Morgan fingerprint density at radius 1 is 1.26 bits per heavy atom. The van der Waals surface area contributed by atoms with Gasteiger partial charge >= 0.3 is 0 Å². The van der Waals surface area contributed by atoms with Crippen LogP contribution in [0.4, 0.5) is 0 Å². The Bertz CT molecular complexity index is 799. The fourth-order valence-corrected chi connectivity index (χ4v) is 2.95. The van der Waals surface area contributed by atoms with Gasteiger partial charge in [0.1, 0.15) is 5.75 Å². The van der Waals surface area contributed by atoms with Crippen molar-refractivity contribution in [3.8, 4) is 5.75 Å². The maximum absolute atomic E-state index is 12.0. The first-order valence-electron chi connectivity index (χ1n) is 7.21. The van der Waals surface area contributed by atoms with Crippen molar-refractivity contribution < 1.29 is 9.53 Å². The number of methoxy groups -OCH3 is 1. The Balaban J connectivity index is 1.51. The van der Waals surface area contributed by atoms with Crippen molar-refractivity contribution >= 4 is 23.2 Å². The minimum absolute atomic E-state index is 0.0153. The third kappa shape index (κ3) is 3.84. The van der Waals surface area contributed by atoms with Crippen LogP contribution in [0.2, 0.25) is 0 Å². The summed E-state index contributed by atoms with van der Waals surface area (Å²) in [5.74, 6) is 1.13. The highest BCUT2D eigenvalue weighted by molar-refractivity contribution is 7.99. The number of nitrogens with zero attached hydrogens (tertiary/aromatic N) is 2. The molecule has 1 amide bonds. The number of hydrogen-bond acceptors (Lipinski definition) is 4. The van der Waals surface area contributed by atoms with E-state index in [9.17, 15) is 4.79 Å². The van der Waals surface area contributed by atoms with Gasteiger partial charge in [-0.3, -0.25) is 9.20 Å². The summed E-state index contributed by atoms with van der Waals surface area (Å²) in [6.45, 7) is 0.506. The Labute approximate surface area is 138 Å². The summed E-state index contributed by atoms with van der Waals surface area (Å²) < 4.78 is 7.08. The zero-order valence-electron chi connectivity index (χ0n) is 12.7. The third-order valence-corrected chi connectivity index (χ3v) is 4.35. The number of thioether (sulfide) groups is 1. The minimum Gasteiger partial charge on any atom is -0.497 e. The number of benzene rings is 1. The molecule has 0 fully saturated rings. The molecular formula is C17H17N3O2S. The molecule has 0 saturated carbocycles. The van der Waals surface area contributed by atoms with Crippen molar-refractivity contribution in [1.29, 1.82) is 0 Å². The highest BCUT2D eigenvalue weighted by Gasteiger charge is 2.07. The second kappa shape index (κ2) is 7.19. The molecule has 0 aliphatic rings. The van der Waals surface area contributed by atoms with Crippen LogP contribution in [0.5, 0.6) is 5.75 Å². The molecule has 1 N–H and O–H groups in total. The largest absolute Gasteiger partial charge is 0.497 e. The number of ether oxygens (including phenoxy) is 1. The molecule has 0 bridgehead atoms. The maximum Gasteiger partial charge on any atom is 0.230 e. The summed E-state index contributed by atoms with van der Waals surface area (Å²) in [6.07, 6.45) is 3.75. The number of hydrogen-bond donors (Lipinski definition) is 1. The summed E-state index contributed by atoms with van der Waals surface area (Å²) in [4.78, 5) is 16.3. The van der Waals surface area contributed by atoms with Crippen LogP contribution < -0.4 is 10.1 Å². The molecule has 0 aliphatic heterocycles. The quantitative estimate of drug-likeness (QED) is 0.707. The number of pyridine rings is 1. The van der Waals surface area contributed by atoms with Gasteiger partial charge in [0.05, 0.1) is 24.6 Å². The van der Waals surface area contributed by atoms with Crippen molar-refractivity contribution in [2.75, 3.05) is 12.9 Å². The molecule has 2 aromatic heterocycles. The van der Waals surface area contributed by atoms with E-state index in [0.29, 0.717) is 12.3 Å². The molecule has 3 rings (SSSR count). The van der Waals surface area contributed by atoms with Crippen LogP contribution in [-0.4, -0.2) is 28.2 Å². The molecule has 6 heteroatoms. The van der Waals surface area contributed by atoms with E-state index >= 15 is 0 Å². The molecule has 0 spiro atoms. The lowest BCUT2D eigenvalue weighted by Crippen LogP contribution is -2.24. The van der Waals surface area contributed by atoms with E-state index in [2.05, 4.69) is 10.3 Å². The van der Waals surface area contributed by atoms with E-state index in [1.165, 1.54) is 11.8 Å². The lowest BCUT2D eigenvalue weighted by atomic mass is 10.2. The van der Waals surface area contributed by atoms with Gasteiger partial charge in [0.15, 0.2) is 5.16 Å². The average Bonchev–Trinajstić information content (AvgIpc) is 3.02. The highest BCUT2D eigenvalue weighted by Crippen LogP contribution is 2.18. The number of fused-ring (bicyclic) bond motifs is 1. The van der Waals surface area contributed by atoms with Gasteiger partial charge in [0.25, 0.3) is 0 Å². The Hall–Kier alpha value is -2.47. The van der Waals surface area contributed by atoms with Gasteiger partial charge in [-0.2, -0.15) is 0 Å². The molecule has 0 aliphatic carbocycles. The van der Waals surface area contributed by atoms with E-state index in [1.807, 2.05) is 53.1 Å². The Kier molecular flexibility index (Phi) is 4.83. The fraction of sp³-hybridized carbons (Fsp3) is 0.176. The summed E-state index contributed by atoms with van der Waals surface area (Å²) >= 11 is 1.43. The first-order valence-corrected chi connectivity index (χ1v) is 8.19. The summed E-state index contributed by atoms with van der Waals surface area (Å²) in [7, 11) is 1.63. The van der Waals surface area contributed by atoms with Crippen LogP contribution >= 0.6 is 11.8 Å². The lowest BCUT2D eigenvalue weighted by molar-refractivity contribution is -0.118. The highest BCUT2D eigenvalue weighted by atomic mass is 32.2. The van der Waals surface area contributed by atoms with Crippen LogP contribution in [-0.2, 0) is 11.3 Å². The number of amides is 1. The molecule has 0 radical (unpaired) electrons. The van der Waals surface area contributed by atoms with Crippen LogP contribution in [0.3, 0.4) is 0 Å². The van der Waals surface area contributed by atoms with Crippen LogP contribution in [0.25, 0.3) is 5.52 Å². The average molecular weight is 327 g/mol. The first kappa shape index (κ1) is 15.4. The SMILES string of the molecule is COc1ccc(CNC(=O)CSc2ncc3ccccn23)cc1. The third-order valence-electron chi connectivity index (χ3n) is 3.39. The van der Waals surface area contributed by atoms with Crippen molar-refractivity contribution in [2.45, 2.75) is 11.7 Å². The minimum atomic E-state index is -0.0153. The van der Waals surface area contributed by atoms with Crippen molar-refractivity contribution in [3.63, 3.8) is 0 Å². The number of carbonyl (C=O) groups excluding carboxylic acids is 1. The van der Waals surface area contributed by atoms with Crippen LogP contribution in [0, 0.1) is 0 Å². The van der Waals surface area contributed by atoms with Gasteiger partial charge in [0, 0.05) is 12.7 Å². The molecular weight excluding hydrogens is 310 g/mol. The van der Waals surface area contributed by atoms with Gasteiger partial charge in [-0.25, -0.2) is 4.98 Å². The number of carbonyl (C=O) groups is 1.